The number of nitrogens with zero attached hydrogens (tertiary/aromatic N) is 2. The molecule has 2 atom stereocenters. The van der Waals surface area contributed by atoms with E-state index in [4.69, 9.17) is 10.7 Å². The molecule has 2 saturated carbocycles. The first-order chi connectivity index (χ1) is 8.25. The summed E-state index contributed by atoms with van der Waals surface area (Å²) in [5.41, 5.74) is 8.92. The van der Waals surface area contributed by atoms with Gasteiger partial charge in [-0.15, -0.1) is 0 Å². The van der Waals surface area contributed by atoms with Crippen molar-refractivity contribution in [2.45, 2.75) is 25.2 Å². The average molecular weight is 227 g/mol. The minimum absolute atomic E-state index is 0.724. The Hall–Kier alpha value is -1.51. The molecule has 0 saturated heterocycles. The summed E-state index contributed by atoms with van der Waals surface area (Å²) in [5, 5.41) is 0. The van der Waals surface area contributed by atoms with Crippen LogP contribution < -0.4 is 5.73 Å². The van der Waals surface area contributed by atoms with E-state index in [1.165, 1.54) is 30.6 Å². The first kappa shape index (κ1) is 9.51. The Balaban J connectivity index is 1.84. The Labute approximate surface area is 101 Å². The van der Waals surface area contributed by atoms with Crippen molar-refractivity contribution in [2.75, 3.05) is 5.73 Å². The third-order valence-electron chi connectivity index (χ3n) is 4.64. The van der Waals surface area contributed by atoms with Crippen molar-refractivity contribution < 1.29 is 0 Å². The molecule has 3 nitrogen and oxygen atoms in total. The van der Waals surface area contributed by atoms with Crippen molar-refractivity contribution in [3.8, 4) is 0 Å². The summed E-state index contributed by atoms with van der Waals surface area (Å²) in [5.74, 6) is 3.84. The number of hydrogen-bond acceptors (Lipinski definition) is 2. The van der Waals surface area contributed by atoms with Crippen LogP contribution in [0.1, 0.15) is 31.0 Å². The minimum Gasteiger partial charge on any atom is -0.399 e. The van der Waals surface area contributed by atoms with Gasteiger partial charge in [-0.05, 0) is 42.9 Å². The van der Waals surface area contributed by atoms with E-state index in [1.807, 2.05) is 18.2 Å². The Bertz CT molecular complexity index is 589. The van der Waals surface area contributed by atoms with E-state index < -0.39 is 0 Å². The van der Waals surface area contributed by atoms with Crippen LogP contribution in [0, 0.1) is 11.8 Å². The topological polar surface area (TPSA) is 43.8 Å². The molecule has 0 spiro atoms. The number of hydrogen-bond donors (Lipinski definition) is 1. The van der Waals surface area contributed by atoms with Crippen molar-refractivity contribution >= 4 is 16.7 Å². The fourth-order valence-corrected chi connectivity index (χ4v) is 3.73. The number of imidazole rings is 1. The van der Waals surface area contributed by atoms with Crippen LogP contribution in [0.3, 0.4) is 0 Å². The summed E-state index contributed by atoms with van der Waals surface area (Å²) >= 11 is 0. The molecule has 4 rings (SSSR count). The van der Waals surface area contributed by atoms with Crippen LogP contribution in [0.2, 0.25) is 0 Å². The third-order valence-corrected chi connectivity index (χ3v) is 4.64. The van der Waals surface area contributed by atoms with Crippen molar-refractivity contribution in [2.24, 2.45) is 18.9 Å². The number of aromatic nitrogens is 2. The number of aryl methyl sites for hydroxylation is 1. The molecule has 2 aromatic rings. The molecule has 0 amide bonds. The minimum atomic E-state index is 0.724. The second-order valence-electron chi connectivity index (χ2n) is 5.56. The predicted octanol–water partition coefficient (Wildman–Crippen LogP) is 2.67. The molecular formula is C14H17N3. The zero-order chi connectivity index (χ0) is 11.6. The maximum absolute atomic E-state index is 5.84. The summed E-state index contributed by atoms with van der Waals surface area (Å²) in [4.78, 5) is 4.81. The number of rotatable bonds is 1. The molecule has 88 valence electrons. The first-order valence-electron chi connectivity index (χ1n) is 6.47. The fourth-order valence-electron chi connectivity index (χ4n) is 3.73. The Morgan fingerprint density at radius 3 is 2.82 bits per heavy atom. The quantitative estimate of drug-likeness (QED) is 0.761. The van der Waals surface area contributed by atoms with Gasteiger partial charge >= 0.3 is 0 Å². The van der Waals surface area contributed by atoms with E-state index in [0.29, 0.717) is 0 Å². The number of nitrogen functional groups attached to an aromatic ring is 1. The highest BCUT2D eigenvalue weighted by molar-refractivity contribution is 5.79. The van der Waals surface area contributed by atoms with Crippen LogP contribution in [-0.2, 0) is 7.05 Å². The molecule has 2 N–H and O–H groups in total. The zero-order valence-corrected chi connectivity index (χ0v) is 10.1. The first-order valence-corrected chi connectivity index (χ1v) is 6.47. The molecule has 2 aliphatic carbocycles. The molecule has 0 radical (unpaired) electrons. The molecular weight excluding hydrogens is 210 g/mol. The Kier molecular flexibility index (Phi) is 1.70. The summed E-state index contributed by atoms with van der Waals surface area (Å²) in [7, 11) is 2.12. The number of fused-ring (bicyclic) bond motifs is 2. The van der Waals surface area contributed by atoms with Crippen LogP contribution in [0.25, 0.3) is 11.0 Å². The van der Waals surface area contributed by atoms with Crippen LogP contribution in [0.4, 0.5) is 5.69 Å². The molecule has 3 heteroatoms. The molecule has 1 aromatic heterocycles. The highest BCUT2D eigenvalue weighted by atomic mass is 15.1. The summed E-state index contributed by atoms with van der Waals surface area (Å²) in [6.45, 7) is 0. The van der Waals surface area contributed by atoms with Gasteiger partial charge < -0.3 is 10.3 Å². The van der Waals surface area contributed by atoms with Crippen LogP contribution in [0.15, 0.2) is 18.2 Å². The van der Waals surface area contributed by atoms with Gasteiger partial charge in [-0.25, -0.2) is 4.98 Å². The van der Waals surface area contributed by atoms with Gasteiger partial charge in [-0.2, -0.15) is 0 Å². The number of anilines is 1. The van der Waals surface area contributed by atoms with Gasteiger partial charge in [0.25, 0.3) is 0 Å². The van der Waals surface area contributed by atoms with Gasteiger partial charge in [0.05, 0.1) is 11.0 Å². The lowest BCUT2D eigenvalue weighted by Gasteiger charge is -2.04. The molecule has 0 bridgehead atoms. The highest BCUT2D eigenvalue weighted by Crippen LogP contribution is 2.62. The highest BCUT2D eigenvalue weighted by Gasteiger charge is 2.55. The van der Waals surface area contributed by atoms with Gasteiger partial charge in [-0.3, -0.25) is 0 Å². The van der Waals surface area contributed by atoms with E-state index in [9.17, 15) is 0 Å². The van der Waals surface area contributed by atoms with Gasteiger partial charge in [0, 0.05) is 18.7 Å². The van der Waals surface area contributed by atoms with E-state index in [0.717, 1.165) is 29.0 Å². The van der Waals surface area contributed by atoms with Crippen LogP contribution in [-0.4, -0.2) is 9.55 Å². The maximum Gasteiger partial charge on any atom is 0.113 e. The lowest BCUT2D eigenvalue weighted by atomic mass is 10.1. The molecule has 2 fully saturated rings. The van der Waals surface area contributed by atoms with Gasteiger partial charge in [-0.1, -0.05) is 6.42 Å². The summed E-state index contributed by atoms with van der Waals surface area (Å²) in [6.07, 6.45) is 4.23. The van der Waals surface area contributed by atoms with Gasteiger partial charge in [0.1, 0.15) is 5.82 Å². The van der Waals surface area contributed by atoms with Crippen molar-refractivity contribution in [3.05, 3.63) is 24.0 Å². The smallest absolute Gasteiger partial charge is 0.113 e. The van der Waals surface area contributed by atoms with E-state index in [1.54, 1.807) is 0 Å². The van der Waals surface area contributed by atoms with E-state index >= 15 is 0 Å². The largest absolute Gasteiger partial charge is 0.399 e. The standard InChI is InChI=1S/C14H17N3/c1-17-12-7-8(15)5-6-11(12)16-14(17)13-9-3-2-4-10(9)13/h5-7,9-10,13H,2-4,15H2,1H3. The molecule has 1 heterocycles. The second-order valence-corrected chi connectivity index (χ2v) is 5.56. The average Bonchev–Trinajstić information content (AvgIpc) is 2.71. The SMILES string of the molecule is Cn1c(C2C3CCCC32)nc2ccc(N)cc21. The van der Waals surface area contributed by atoms with Crippen molar-refractivity contribution in [1.29, 1.82) is 0 Å². The fraction of sp³-hybridized carbons (Fsp3) is 0.500. The molecule has 0 aliphatic heterocycles. The predicted molar refractivity (Wildman–Crippen MR) is 68.7 cm³/mol. The summed E-state index contributed by atoms with van der Waals surface area (Å²) in [6, 6.07) is 6.00. The number of benzene rings is 1. The zero-order valence-electron chi connectivity index (χ0n) is 10.1. The van der Waals surface area contributed by atoms with Crippen LogP contribution in [0.5, 0.6) is 0 Å². The lowest BCUT2D eigenvalue weighted by molar-refractivity contribution is 0.642. The molecule has 2 aliphatic rings. The van der Waals surface area contributed by atoms with Gasteiger partial charge in [0.15, 0.2) is 0 Å². The third kappa shape index (κ3) is 1.20. The van der Waals surface area contributed by atoms with Gasteiger partial charge in [0.2, 0.25) is 0 Å². The van der Waals surface area contributed by atoms with Crippen LogP contribution >= 0.6 is 0 Å². The second kappa shape index (κ2) is 3.03. The van der Waals surface area contributed by atoms with E-state index in [-0.39, 0.29) is 0 Å². The van der Waals surface area contributed by atoms with Crippen molar-refractivity contribution in [1.82, 2.24) is 9.55 Å². The Morgan fingerprint density at radius 1 is 1.29 bits per heavy atom. The maximum atomic E-state index is 5.84. The molecule has 2 unspecified atom stereocenters. The lowest BCUT2D eigenvalue weighted by Crippen LogP contribution is -1.99. The Morgan fingerprint density at radius 2 is 2.06 bits per heavy atom. The molecule has 1 aromatic carbocycles. The monoisotopic (exact) mass is 227 g/mol. The van der Waals surface area contributed by atoms with Crippen molar-refractivity contribution in [3.63, 3.8) is 0 Å². The van der Waals surface area contributed by atoms with E-state index in [2.05, 4.69) is 11.6 Å². The number of nitrogens with two attached hydrogens (primary N) is 1. The normalized spacial score (nSPS) is 30.8. The molecule has 17 heavy (non-hydrogen) atoms. The summed E-state index contributed by atoms with van der Waals surface area (Å²) < 4.78 is 2.24.